The quantitative estimate of drug-likeness (QED) is 0.660. The zero-order chi connectivity index (χ0) is 16.9. The van der Waals surface area contributed by atoms with E-state index in [4.69, 9.17) is 5.11 Å². The van der Waals surface area contributed by atoms with Gasteiger partial charge in [-0.2, -0.15) is 0 Å². The van der Waals surface area contributed by atoms with Crippen LogP contribution in [0, 0.1) is 23.7 Å². The number of carbonyl (C=O) groups is 2. The molecule has 0 saturated heterocycles. The van der Waals surface area contributed by atoms with Gasteiger partial charge in [-0.05, 0) is 50.9 Å². The Kier molecular flexibility index (Phi) is 6.91. The molecule has 1 rings (SSSR count). The van der Waals surface area contributed by atoms with Gasteiger partial charge in [0.1, 0.15) is 0 Å². The number of carboxylic acids is 1. The van der Waals surface area contributed by atoms with E-state index in [0.717, 1.165) is 12.0 Å². The van der Waals surface area contributed by atoms with Gasteiger partial charge in [0.25, 0.3) is 0 Å². The van der Waals surface area contributed by atoms with E-state index in [9.17, 15) is 9.59 Å². The van der Waals surface area contributed by atoms with E-state index in [1.807, 2.05) is 20.8 Å². The van der Waals surface area contributed by atoms with Gasteiger partial charge in [-0.25, -0.2) is 4.79 Å². The van der Waals surface area contributed by atoms with Crippen molar-refractivity contribution in [2.45, 2.75) is 53.5 Å². The Bertz CT molecular complexity index is 430. The molecule has 0 radical (unpaired) electrons. The maximum Gasteiger partial charge on any atom is 0.315 e. The van der Waals surface area contributed by atoms with Crippen LogP contribution in [0.1, 0.15) is 47.5 Å². The van der Waals surface area contributed by atoms with Crippen molar-refractivity contribution in [1.82, 2.24) is 10.6 Å². The predicted molar refractivity (Wildman–Crippen MR) is 87.6 cm³/mol. The van der Waals surface area contributed by atoms with E-state index in [1.54, 1.807) is 0 Å². The van der Waals surface area contributed by atoms with E-state index >= 15 is 0 Å². The highest BCUT2D eigenvalue weighted by Gasteiger charge is 2.32. The molecule has 2 amide bonds. The highest BCUT2D eigenvalue weighted by molar-refractivity contribution is 5.74. The van der Waals surface area contributed by atoms with Crippen molar-refractivity contribution in [2.24, 2.45) is 23.7 Å². The molecule has 0 aromatic rings. The molecule has 5 heteroatoms. The van der Waals surface area contributed by atoms with Gasteiger partial charge in [-0.3, -0.25) is 4.79 Å². The lowest BCUT2D eigenvalue weighted by Gasteiger charge is -2.37. The van der Waals surface area contributed by atoms with Crippen molar-refractivity contribution in [3.05, 3.63) is 11.6 Å². The molecule has 0 aromatic heterocycles. The second-order valence-electron chi connectivity index (χ2n) is 7.02. The molecular weight excluding hydrogens is 280 g/mol. The number of carbonyl (C=O) groups excluding carboxylic acids is 1. The highest BCUT2D eigenvalue weighted by atomic mass is 16.4. The Labute approximate surface area is 133 Å². The van der Waals surface area contributed by atoms with Crippen molar-refractivity contribution in [2.75, 3.05) is 6.54 Å². The first-order chi connectivity index (χ1) is 10.2. The molecule has 5 nitrogen and oxygen atoms in total. The number of allylic oxidation sites excluding steroid dienone is 1. The minimum atomic E-state index is -0.742. The first kappa shape index (κ1) is 18.5. The largest absolute Gasteiger partial charge is 0.481 e. The van der Waals surface area contributed by atoms with Gasteiger partial charge in [-0.15, -0.1) is 0 Å². The molecule has 0 aromatic carbocycles. The summed E-state index contributed by atoms with van der Waals surface area (Å²) in [4.78, 5) is 22.7. The maximum absolute atomic E-state index is 11.7. The Morgan fingerprint density at radius 2 is 1.95 bits per heavy atom. The summed E-state index contributed by atoms with van der Waals surface area (Å²) < 4.78 is 0. The van der Waals surface area contributed by atoms with Crippen molar-refractivity contribution in [3.8, 4) is 0 Å². The molecule has 3 unspecified atom stereocenters. The van der Waals surface area contributed by atoms with Crippen LogP contribution in [-0.4, -0.2) is 29.7 Å². The van der Waals surface area contributed by atoms with Gasteiger partial charge in [0.2, 0.25) is 0 Å². The molecule has 22 heavy (non-hydrogen) atoms. The van der Waals surface area contributed by atoms with Crippen LogP contribution >= 0.6 is 0 Å². The second kappa shape index (κ2) is 8.20. The molecule has 126 valence electrons. The normalized spacial score (nSPS) is 25.0. The van der Waals surface area contributed by atoms with E-state index < -0.39 is 5.97 Å². The molecule has 1 aliphatic carbocycles. The van der Waals surface area contributed by atoms with Crippen LogP contribution < -0.4 is 10.6 Å². The van der Waals surface area contributed by atoms with E-state index in [0.29, 0.717) is 18.4 Å². The molecule has 0 aliphatic heterocycles. The first-order valence-corrected chi connectivity index (χ1v) is 8.15. The fourth-order valence-corrected chi connectivity index (χ4v) is 3.24. The van der Waals surface area contributed by atoms with E-state index in [-0.39, 0.29) is 30.3 Å². The van der Waals surface area contributed by atoms with Gasteiger partial charge in [0.15, 0.2) is 0 Å². The SMILES string of the molecule is CC1=CC(CNC(=O)NC(C)C)C(C(C)C)CC1CC(=O)O. The van der Waals surface area contributed by atoms with Crippen molar-refractivity contribution >= 4 is 12.0 Å². The molecule has 0 spiro atoms. The lowest BCUT2D eigenvalue weighted by molar-refractivity contribution is -0.138. The fourth-order valence-electron chi connectivity index (χ4n) is 3.24. The first-order valence-electron chi connectivity index (χ1n) is 8.15. The minimum Gasteiger partial charge on any atom is -0.481 e. The number of hydrogen-bond acceptors (Lipinski definition) is 2. The van der Waals surface area contributed by atoms with Crippen molar-refractivity contribution < 1.29 is 14.7 Å². The van der Waals surface area contributed by atoms with Crippen LogP contribution in [0.15, 0.2) is 11.6 Å². The predicted octanol–water partition coefficient (Wildman–Crippen LogP) is 3.02. The number of urea groups is 1. The number of carboxylic acid groups (broad SMARTS) is 1. The zero-order valence-corrected chi connectivity index (χ0v) is 14.3. The number of aliphatic carboxylic acids is 1. The standard InChI is InChI=1S/C17H30N2O3/c1-10(2)15-7-13(8-16(20)21)12(5)6-14(15)9-18-17(22)19-11(3)4/h6,10-11,13-15H,7-9H2,1-5H3,(H,20,21)(H2,18,19,22). The van der Waals surface area contributed by atoms with E-state index in [2.05, 4.69) is 30.6 Å². The average molecular weight is 310 g/mol. The third-order valence-corrected chi connectivity index (χ3v) is 4.42. The Balaban J connectivity index is 2.72. The number of nitrogens with one attached hydrogen (secondary N) is 2. The summed E-state index contributed by atoms with van der Waals surface area (Å²) in [7, 11) is 0. The van der Waals surface area contributed by atoms with Gasteiger partial charge in [0, 0.05) is 12.6 Å². The molecule has 0 heterocycles. The second-order valence-corrected chi connectivity index (χ2v) is 7.02. The molecule has 1 aliphatic rings. The molecular formula is C17H30N2O3. The number of amides is 2. The third kappa shape index (κ3) is 5.70. The van der Waals surface area contributed by atoms with Crippen LogP contribution in [0.3, 0.4) is 0 Å². The lowest BCUT2D eigenvalue weighted by Crippen LogP contribution is -2.43. The summed E-state index contributed by atoms with van der Waals surface area (Å²) in [5.41, 5.74) is 1.13. The number of hydrogen-bond donors (Lipinski definition) is 3. The summed E-state index contributed by atoms with van der Waals surface area (Å²) in [6.07, 6.45) is 3.24. The zero-order valence-electron chi connectivity index (χ0n) is 14.3. The summed E-state index contributed by atoms with van der Waals surface area (Å²) in [5, 5.41) is 14.8. The molecule has 0 bridgehead atoms. The number of rotatable bonds is 6. The summed E-state index contributed by atoms with van der Waals surface area (Å²) in [5.74, 6) is 0.495. The van der Waals surface area contributed by atoms with Crippen LogP contribution in [-0.2, 0) is 4.79 Å². The molecule has 0 fully saturated rings. The Morgan fingerprint density at radius 1 is 1.32 bits per heavy atom. The summed E-state index contributed by atoms with van der Waals surface area (Å²) in [6, 6.07) is -0.0271. The third-order valence-electron chi connectivity index (χ3n) is 4.42. The smallest absolute Gasteiger partial charge is 0.315 e. The van der Waals surface area contributed by atoms with Gasteiger partial charge in [-0.1, -0.05) is 25.5 Å². The average Bonchev–Trinajstić information content (AvgIpc) is 2.37. The van der Waals surface area contributed by atoms with E-state index in [1.165, 1.54) is 0 Å². The van der Waals surface area contributed by atoms with Gasteiger partial charge >= 0.3 is 12.0 Å². The minimum absolute atomic E-state index is 0.115. The monoisotopic (exact) mass is 310 g/mol. The fraction of sp³-hybridized carbons (Fsp3) is 0.765. The lowest BCUT2D eigenvalue weighted by atomic mass is 9.70. The summed E-state index contributed by atoms with van der Waals surface area (Å²) in [6.45, 7) is 10.8. The highest BCUT2D eigenvalue weighted by Crippen LogP contribution is 2.38. The molecule has 3 atom stereocenters. The van der Waals surface area contributed by atoms with Gasteiger partial charge < -0.3 is 15.7 Å². The van der Waals surface area contributed by atoms with Crippen molar-refractivity contribution in [3.63, 3.8) is 0 Å². The van der Waals surface area contributed by atoms with Crippen LogP contribution in [0.4, 0.5) is 4.79 Å². The maximum atomic E-state index is 11.7. The molecule has 0 saturated carbocycles. The van der Waals surface area contributed by atoms with Crippen LogP contribution in [0.25, 0.3) is 0 Å². The summed E-state index contributed by atoms with van der Waals surface area (Å²) >= 11 is 0. The van der Waals surface area contributed by atoms with Crippen molar-refractivity contribution in [1.29, 1.82) is 0 Å². The topological polar surface area (TPSA) is 78.4 Å². The van der Waals surface area contributed by atoms with Crippen LogP contribution in [0.2, 0.25) is 0 Å². The van der Waals surface area contributed by atoms with Gasteiger partial charge in [0.05, 0.1) is 6.42 Å². The van der Waals surface area contributed by atoms with Crippen LogP contribution in [0.5, 0.6) is 0 Å². The molecule has 3 N–H and O–H groups in total. The Morgan fingerprint density at radius 3 is 2.45 bits per heavy atom. The Hall–Kier alpha value is -1.52.